The van der Waals surface area contributed by atoms with Gasteiger partial charge in [-0.3, -0.25) is 19.2 Å². The third-order valence-corrected chi connectivity index (χ3v) is 5.30. The Hall–Kier alpha value is -2.79. The SMILES string of the molecule is COc1ccc(Cl)cc1NC(=O)Cn1nc(C(F)(F)F)c2c1CCN(CC(=O)N(C)C)C2. The molecule has 0 unspecified atom stereocenters. The van der Waals surface area contributed by atoms with E-state index < -0.39 is 24.3 Å². The van der Waals surface area contributed by atoms with Crippen LogP contribution in [-0.2, 0) is 35.3 Å². The van der Waals surface area contributed by atoms with Crippen LogP contribution in [-0.4, -0.2) is 65.7 Å². The molecule has 0 atom stereocenters. The summed E-state index contributed by atoms with van der Waals surface area (Å²) in [6.07, 6.45) is -4.45. The molecule has 8 nitrogen and oxygen atoms in total. The fraction of sp³-hybridized carbons (Fsp3) is 0.450. The van der Waals surface area contributed by atoms with Gasteiger partial charge in [-0.15, -0.1) is 0 Å². The third kappa shape index (κ3) is 5.33. The second kappa shape index (κ2) is 9.37. The number of ether oxygens (including phenoxy) is 1. The van der Waals surface area contributed by atoms with Crippen LogP contribution in [0.25, 0.3) is 0 Å². The molecular weight excluding hydrogens is 451 g/mol. The number of methoxy groups -OCH3 is 1. The van der Waals surface area contributed by atoms with Gasteiger partial charge in [0.2, 0.25) is 11.8 Å². The molecule has 0 bridgehead atoms. The molecule has 0 saturated heterocycles. The number of rotatable bonds is 6. The van der Waals surface area contributed by atoms with Crippen molar-refractivity contribution in [2.45, 2.75) is 25.7 Å². The normalized spacial score (nSPS) is 14.1. The molecule has 32 heavy (non-hydrogen) atoms. The van der Waals surface area contributed by atoms with Gasteiger partial charge in [-0.25, -0.2) is 0 Å². The number of halogens is 4. The van der Waals surface area contributed by atoms with Gasteiger partial charge >= 0.3 is 6.18 Å². The van der Waals surface area contributed by atoms with Gasteiger partial charge in [-0.05, 0) is 18.2 Å². The first-order chi connectivity index (χ1) is 15.0. The van der Waals surface area contributed by atoms with Gasteiger partial charge in [0.25, 0.3) is 0 Å². The summed E-state index contributed by atoms with van der Waals surface area (Å²) in [6, 6.07) is 4.64. The number of carbonyl (C=O) groups is 2. The topological polar surface area (TPSA) is 79.7 Å². The van der Waals surface area contributed by atoms with Crippen LogP contribution >= 0.6 is 11.6 Å². The van der Waals surface area contributed by atoms with E-state index in [1.165, 1.54) is 18.1 Å². The monoisotopic (exact) mass is 473 g/mol. The Morgan fingerprint density at radius 3 is 2.62 bits per heavy atom. The Labute approximate surface area is 187 Å². The summed E-state index contributed by atoms with van der Waals surface area (Å²) in [4.78, 5) is 27.6. The molecular formula is C20H23ClF3N5O3. The summed E-state index contributed by atoms with van der Waals surface area (Å²) in [5, 5.41) is 6.67. The van der Waals surface area contributed by atoms with Gasteiger partial charge in [-0.1, -0.05) is 11.6 Å². The molecule has 1 aromatic heterocycles. The zero-order valence-electron chi connectivity index (χ0n) is 17.8. The van der Waals surface area contributed by atoms with Crippen LogP contribution in [0.1, 0.15) is 17.0 Å². The quantitative estimate of drug-likeness (QED) is 0.697. The van der Waals surface area contributed by atoms with Gasteiger partial charge in [0.05, 0.1) is 19.3 Å². The first-order valence-corrected chi connectivity index (χ1v) is 10.1. The number of likely N-dealkylation sites (N-methyl/N-ethyl adjacent to an activating group) is 1. The fourth-order valence-electron chi connectivity index (χ4n) is 3.48. The maximum absolute atomic E-state index is 13.6. The molecule has 0 saturated carbocycles. The van der Waals surface area contributed by atoms with Crippen LogP contribution < -0.4 is 10.1 Å². The highest BCUT2D eigenvalue weighted by Crippen LogP contribution is 2.35. The second-order valence-corrected chi connectivity index (χ2v) is 8.01. The summed E-state index contributed by atoms with van der Waals surface area (Å²) < 4.78 is 47.1. The highest BCUT2D eigenvalue weighted by molar-refractivity contribution is 6.31. The summed E-state index contributed by atoms with van der Waals surface area (Å²) >= 11 is 5.95. The highest BCUT2D eigenvalue weighted by atomic mass is 35.5. The number of benzene rings is 1. The Morgan fingerprint density at radius 1 is 1.28 bits per heavy atom. The Morgan fingerprint density at radius 2 is 2.00 bits per heavy atom. The van der Waals surface area contributed by atoms with E-state index in [1.807, 2.05) is 0 Å². The molecule has 2 aromatic rings. The average Bonchev–Trinajstić information content (AvgIpc) is 3.06. The smallest absolute Gasteiger partial charge is 0.435 e. The van der Waals surface area contributed by atoms with Crippen LogP contribution in [0.2, 0.25) is 5.02 Å². The van der Waals surface area contributed by atoms with Crippen molar-refractivity contribution in [3.63, 3.8) is 0 Å². The molecule has 0 radical (unpaired) electrons. The lowest BCUT2D eigenvalue weighted by Gasteiger charge is -2.28. The molecule has 0 fully saturated rings. The zero-order chi connectivity index (χ0) is 23.6. The van der Waals surface area contributed by atoms with Crippen molar-refractivity contribution in [3.8, 4) is 5.75 Å². The predicted octanol–water partition coefficient (Wildman–Crippen LogP) is 2.65. The number of hydrogen-bond acceptors (Lipinski definition) is 5. The summed E-state index contributed by atoms with van der Waals surface area (Å²) in [5.41, 5.74) is -0.416. The standard InChI is InChI=1S/C20H23ClF3N5O3/c1-27(2)18(31)11-28-7-6-15-13(9-28)19(20(22,23)24)26-29(15)10-17(30)25-14-8-12(21)4-5-16(14)32-3/h4-5,8H,6-7,9-11H2,1-3H3,(H,25,30). The zero-order valence-corrected chi connectivity index (χ0v) is 18.5. The minimum atomic E-state index is -4.68. The number of alkyl halides is 3. The third-order valence-electron chi connectivity index (χ3n) is 5.07. The van der Waals surface area contributed by atoms with E-state index in [9.17, 15) is 22.8 Å². The lowest BCUT2D eigenvalue weighted by Crippen LogP contribution is -2.40. The van der Waals surface area contributed by atoms with E-state index >= 15 is 0 Å². The van der Waals surface area contributed by atoms with Crippen LogP contribution in [0.3, 0.4) is 0 Å². The minimum Gasteiger partial charge on any atom is -0.495 e. The molecule has 1 aromatic carbocycles. The van der Waals surface area contributed by atoms with Crippen molar-refractivity contribution in [2.75, 3.05) is 39.6 Å². The molecule has 0 spiro atoms. The molecule has 174 valence electrons. The lowest BCUT2D eigenvalue weighted by molar-refractivity contribution is -0.142. The number of nitrogens with zero attached hydrogens (tertiary/aromatic N) is 4. The highest BCUT2D eigenvalue weighted by Gasteiger charge is 2.41. The predicted molar refractivity (Wildman–Crippen MR) is 112 cm³/mol. The molecule has 2 amide bonds. The van der Waals surface area contributed by atoms with Crippen molar-refractivity contribution in [3.05, 3.63) is 40.2 Å². The maximum atomic E-state index is 13.6. The Balaban J connectivity index is 1.83. The van der Waals surface area contributed by atoms with Crippen molar-refractivity contribution in [2.24, 2.45) is 0 Å². The van der Waals surface area contributed by atoms with Crippen LogP contribution in [0.5, 0.6) is 5.75 Å². The molecule has 2 heterocycles. The number of carbonyl (C=O) groups excluding carboxylic acids is 2. The van der Waals surface area contributed by atoms with E-state index in [0.29, 0.717) is 28.7 Å². The number of anilines is 1. The van der Waals surface area contributed by atoms with Crippen molar-refractivity contribution >= 4 is 29.1 Å². The maximum Gasteiger partial charge on any atom is 0.435 e. The van der Waals surface area contributed by atoms with Crippen molar-refractivity contribution in [1.29, 1.82) is 0 Å². The molecule has 3 rings (SSSR count). The number of hydrogen-bond donors (Lipinski definition) is 1. The van der Waals surface area contributed by atoms with Gasteiger partial charge in [-0.2, -0.15) is 18.3 Å². The minimum absolute atomic E-state index is 0.00393. The summed E-state index contributed by atoms with van der Waals surface area (Å²) in [6.45, 7) is -0.110. The molecule has 12 heteroatoms. The summed E-state index contributed by atoms with van der Waals surface area (Å²) in [7, 11) is 4.60. The van der Waals surface area contributed by atoms with E-state index in [0.717, 1.165) is 4.68 Å². The lowest BCUT2D eigenvalue weighted by atomic mass is 10.0. The molecule has 1 N–H and O–H groups in total. The van der Waals surface area contributed by atoms with E-state index in [4.69, 9.17) is 16.3 Å². The second-order valence-electron chi connectivity index (χ2n) is 7.57. The van der Waals surface area contributed by atoms with Gasteiger partial charge in [0.15, 0.2) is 5.69 Å². The number of nitrogens with one attached hydrogen (secondary N) is 1. The van der Waals surface area contributed by atoms with Gasteiger partial charge in [0.1, 0.15) is 12.3 Å². The molecule has 1 aliphatic rings. The summed E-state index contributed by atoms with van der Waals surface area (Å²) in [5.74, 6) is -0.415. The molecule has 0 aliphatic carbocycles. The van der Waals surface area contributed by atoms with Crippen LogP contribution in [0, 0.1) is 0 Å². The van der Waals surface area contributed by atoms with Crippen LogP contribution in [0.15, 0.2) is 18.2 Å². The van der Waals surface area contributed by atoms with Crippen LogP contribution in [0.4, 0.5) is 18.9 Å². The number of aromatic nitrogens is 2. The van der Waals surface area contributed by atoms with E-state index in [1.54, 1.807) is 31.1 Å². The first-order valence-electron chi connectivity index (χ1n) is 9.71. The van der Waals surface area contributed by atoms with Crippen molar-refractivity contribution in [1.82, 2.24) is 19.6 Å². The fourth-order valence-corrected chi connectivity index (χ4v) is 3.65. The number of amides is 2. The van der Waals surface area contributed by atoms with Crippen molar-refractivity contribution < 1.29 is 27.5 Å². The van der Waals surface area contributed by atoms with E-state index in [2.05, 4.69) is 10.4 Å². The van der Waals surface area contributed by atoms with Gasteiger partial charge in [0, 0.05) is 49.9 Å². The van der Waals surface area contributed by atoms with Gasteiger partial charge < -0.3 is 15.0 Å². The number of fused-ring (bicyclic) bond motifs is 1. The largest absolute Gasteiger partial charge is 0.495 e. The van der Waals surface area contributed by atoms with E-state index in [-0.39, 0.29) is 31.0 Å². The average molecular weight is 474 g/mol. The Kier molecular flexibility index (Phi) is 6.99. The molecule has 1 aliphatic heterocycles. The Bertz CT molecular complexity index is 1020. The first kappa shape index (κ1) is 23.9.